The van der Waals surface area contributed by atoms with Crippen LogP contribution in [0.15, 0.2) is 18.2 Å². The van der Waals surface area contributed by atoms with E-state index in [4.69, 9.17) is 0 Å². The van der Waals surface area contributed by atoms with E-state index < -0.39 is 54.7 Å². The van der Waals surface area contributed by atoms with Crippen molar-refractivity contribution in [1.29, 1.82) is 0 Å². The minimum absolute atomic E-state index is 0.00735. The summed E-state index contributed by atoms with van der Waals surface area (Å²) < 4.78 is 66.3. The Balaban J connectivity index is 1.90. The molecule has 0 spiro atoms. The van der Waals surface area contributed by atoms with E-state index in [9.17, 15) is 26.7 Å². The highest BCUT2D eigenvalue weighted by molar-refractivity contribution is 5.81. The standard InChI is InChI=1S/C17H22F5N5O/c1-8(10-5-4-9(6-11(10)19)17(20,21)22)27-14-13(12(7-18)25-27)15(28)24-16(23-14)26(2)3/h4-6,8,12-14,16,23,25H,7H2,1-3H3,(H,24,28). The molecule has 2 aliphatic heterocycles. The minimum Gasteiger partial charge on any atom is -0.327 e. The summed E-state index contributed by atoms with van der Waals surface area (Å²) in [5, 5.41) is 7.38. The minimum atomic E-state index is -4.65. The van der Waals surface area contributed by atoms with Crippen molar-refractivity contribution >= 4 is 5.91 Å². The van der Waals surface area contributed by atoms with Crippen LogP contribution in [0.4, 0.5) is 22.0 Å². The molecule has 11 heteroatoms. The van der Waals surface area contributed by atoms with Crippen molar-refractivity contribution in [3.63, 3.8) is 0 Å². The molecule has 0 saturated carbocycles. The molecule has 2 fully saturated rings. The molecule has 0 radical (unpaired) electrons. The van der Waals surface area contributed by atoms with Crippen LogP contribution < -0.4 is 16.1 Å². The molecule has 5 unspecified atom stereocenters. The van der Waals surface area contributed by atoms with Crippen molar-refractivity contribution < 1.29 is 26.7 Å². The molecule has 156 valence electrons. The molecule has 3 rings (SSSR count). The summed E-state index contributed by atoms with van der Waals surface area (Å²) in [6.07, 6.45) is -5.85. The number of benzene rings is 1. The van der Waals surface area contributed by atoms with Crippen molar-refractivity contribution in [2.45, 2.75) is 37.6 Å². The Kier molecular flexibility index (Phi) is 5.63. The van der Waals surface area contributed by atoms with Crippen molar-refractivity contribution in [1.82, 2.24) is 26.0 Å². The van der Waals surface area contributed by atoms with Gasteiger partial charge in [0.25, 0.3) is 0 Å². The predicted molar refractivity (Wildman–Crippen MR) is 90.6 cm³/mol. The van der Waals surface area contributed by atoms with Gasteiger partial charge in [-0.25, -0.2) is 19.2 Å². The molecule has 3 N–H and O–H groups in total. The van der Waals surface area contributed by atoms with E-state index in [1.54, 1.807) is 25.9 Å². The quantitative estimate of drug-likeness (QED) is 0.662. The number of fused-ring (bicyclic) bond motifs is 1. The first-order valence-corrected chi connectivity index (χ1v) is 8.74. The summed E-state index contributed by atoms with van der Waals surface area (Å²) in [6, 6.07) is 0.719. The molecule has 1 amide bonds. The van der Waals surface area contributed by atoms with Crippen LogP contribution >= 0.6 is 0 Å². The number of alkyl halides is 4. The van der Waals surface area contributed by atoms with E-state index in [0.717, 1.165) is 12.1 Å². The third-order valence-electron chi connectivity index (χ3n) is 5.18. The summed E-state index contributed by atoms with van der Waals surface area (Å²) in [4.78, 5) is 14.2. The first-order valence-electron chi connectivity index (χ1n) is 8.74. The number of hydrazine groups is 1. The second-order valence-electron chi connectivity index (χ2n) is 7.22. The third kappa shape index (κ3) is 3.71. The maximum atomic E-state index is 14.4. The fourth-order valence-electron chi connectivity index (χ4n) is 3.64. The van der Waals surface area contributed by atoms with Gasteiger partial charge in [0.1, 0.15) is 18.8 Å². The summed E-state index contributed by atoms with van der Waals surface area (Å²) in [5.74, 6) is -2.16. The van der Waals surface area contributed by atoms with E-state index in [2.05, 4.69) is 16.1 Å². The highest BCUT2D eigenvalue weighted by atomic mass is 19.4. The van der Waals surface area contributed by atoms with Crippen LogP contribution in [0.3, 0.4) is 0 Å². The molecule has 2 saturated heterocycles. The summed E-state index contributed by atoms with van der Waals surface area (Å²) in [5.41, 5.74) is 1.79. The normalized spacial score (nSPS) is 29.7. The number of hydrogen-bond donors (Lipinski definition) is 3. The van der Waals surface area contributed by atoms with Gasteiger partial charge < -0.3 is 5.32 Å². The van der Waals surface area contributed by atoms with Gasteiger partial charge in [-0.3, -0.25) is 15.0 Å². The zero-order chi connectivity index (χ0) is 20.8. The number of amides is 1. The highest BCUT2D eigenvalue weighted by Crippen LogP contribution is 2.35. The maximum Gasteiger partial charge on any atom is 0.416 e. The summed E-state index contributed by atoms with van der Waals surface area (Å²) in [6.45, 7) is 0.747. The van der Waals surface area contributed by atoms with Crippen LogP contribution in [-0.4, -0.2) is 55.1 Å². The van der Waals surface area contributed by atoms with E-state index in [0.29, 0.717) is 6.07 Å². The Labute approximate surface area is 159 Å². The Morgan fingerprint density at radius 3 is 2.50 bits per heavy atom. The number of nitrogens with zero attached hydrogens (tertiary/aromatic N) is 2. The molecule has 0 bridgehead atoms. The molecule has 1 aromatic carbocycles. The monoisotopic (exact) mass is 407 g/mol. The second-order valence-corrected chi connectivity index (χ2v) is 7.22. The Morgan fingerprint density at radius 1 is 1.29 bits per heavy atom. The van der Waals surface area contributed by atoms with Gasteiger partial charge >= 0.3 is 6.18 Å². The van der Waals surface area contributed by atoms with E-state index in [-0.39, 0.29) is 11.5 Å². The molecule has 6 nitrogen and oxygen atoms in total. The van der Waals surface area contributed by atoms with Gasteiger partial charge in [0.05, 0.1) is 29.7 Å². The molecule has 2 heterocycles. The lowest BCUT2D eigenvalue weighted by atomic mass is 9.95. The van der Waals surface area contributed by atoms with E-state index in [1.807, 2.05) is 0 Å². The van der Waals surface area contributed by atoms with Crippen LogP contribution in [0, 0.1) is 11.7 Å². The first kappa shape index (κ1) is 20.9. The number of carbonyl (C=O) groups is 1. The van der Waals surface area contributed by atoms with Crippen LogP contribution in [0.2, 0.25) is 0 Å². The largest absolute Gasteiger partial charge is 0.416 e. The van der Waals surface area contributed by atoms with Crippen molar-refractivity contribution in [2.24, 2.45) is 5.92 Å². The molecule has 5 atom stereocenters. The average Bonchev–Trinajstić information content (AvgIpc) is 2.99. The lowest BCUT2D eigenvalue weighted by Gasteiger charge is -2.41. The topological polar surface area (TPSA) is 59.6 Å². The van der Waals surface area contributed by atoms with Crippen LogP contribution in [0.5, 0.6) is 0 Å². The van der Waals surface area contributed by atoms with Gasteiger partial charge in [-0.2, -0.15) is 13.2 Å². The third-order valence-corrected chi connectivity index (χ3v) is 5.18. The number of hydrogen-bond acceptors (Lipinski definition) is 5. The number of nitrogens with one attached hydrogen (secondary N) is 3. The Bertz CT molecular complexity index is 743. The van der Waals surface area contributed by atoms with Gasteiger partial charge in [-0.15, -0.1) is 0 Å². The van der Waals surface area contributed by atoms with Gasteiger partial charge in [0.2, 0.25) is 5.91 Å². The summed E-state index contributed by atoms with van der Waals surface area (Å²) >= 11 is 0. The van der Waals surface area contributed by atoms with Crippen LogP contribution in [0.25, 0.3) is 0 Å². The number of rotatable bonds is 4. The summed E-state index contributed by atoms with van der Waals surface area (Å²) in [7, 11) is 3.47. The molecule has 28 heavy (non-hydrogen) atoms. The lowest BCUT2D eigenvalue weighted by Crippen LogP contribution is -2.68. The molecule has 0 aromatic heterocycles. The van der Waals surface area contributed by atoms with E-state index in [1.165, 1.54) is 5.01 Å². The molecular formula is C17H22F5N5O. The van der Waals surface area contributed by atoms with Gasteiger partial charge in [-0.05, 0) is 33.2 Å². The fourth-order valence-corrected chi connectivity index (χ4v) is 3.64. The van der Waals surface area contributed by atoms with Crippen molar-refractivity contribution in [3.8, 4) is 0 Å². The maximum absolute atomic E-state index is 14.4. The average molecular weight is 407 g/mol. The Morgan fingerprint density at radius 2 is 1.96 bits per heavy atom. The Hall–Kier alpha value is -1.82. The fraction of sp³-hybridized carbons (Fsp3) is 0.588. The zero-order valence-electron chi connectivity index (χ0n) is 15.5. The molecule has 1 aromatic rings. The zero-order valence-corrected chi connectivity index (χ0v) is 15.5. The number of carbonyl (C=O) groups excluding carboxylic acids is 1. The van der Waals surface area contributed by atoms with Crippen molar-refractivity contribution in [3.05, 3.63) is 35.1 Å². The van der Waals surface area contributed by atoms with Crippen LogP contribution in [-0.2, 0) is 11.0 Å². The first-order chi connectivity index (χ1) is 13.0. The highest BCUT2D eigenvalue weighted by Gasteiger charge is 2.51. The molecule has 0 aliphatic carbocycles. The SMILES string of the molecule is CC(c1ccc(C(F)(F)F)cc1F)N1NC(CF)C2C(=O)NC(N(C)C)NC21. The second kappa shape index (κ2) is 7.54. The molecular weight excluding hydrogens is 385 g/mol. The smallest absolute Gasteiger partial charge is 0.327 e. The van der Waals surface area contributed by atoms with Gasteiger partial charge in [0.15, 0.2) is 0 Å². The van der Waals surface area contributed by atoms with E-state index >= 15 is 0 Å². The van der Waals surface area contributed by atoms with Crippen molar-refractivity contribution in [2.75, 3.05) is 20.8 Å². The lowest BCUT2D eigenvalue weighted by molar-refractivity contribution is -0.138. The number of halogens is 5. The van der Waals surface area contributed by atoms with Crippen LogP contribution in [0.1, 0.15) is 24.1 Å². The van der Waals surface area contributed by atoms with Gasteiger partial charge in [0, 0.05) is 5.56 Å². The van der Waals surface area contributed by atoms with Gasteiger partial charge in [-0.1, -0.05) is 6.07 Å². The predicted octanol–water partition coefficient (Wildman–Crippen LogP) is 1.57. The molecule has 2 aliphatic rings.